The van der Waals surface area contributed by atoms with Gasteiger partial charge in [-0.25, -0.2) is 4.79 Å². The van der Waals surface area contributed by atoms with Gasteiger partial charge in [0, 0.05) is 0 Å². The summed E-state index contributed by atoms with van der Waals surface area (Å²) in [5, 5.41) is 8.38. The molecule has 1 rings (SSSR count). The summed E-state index contributed by atoms with van der Waals surface area (Å²) in [5.41, 5.74) is 0.331. The van der Waals surface area contributed by atoms with Gasteiger partial charge >= 0.3 is 5.97 Å². The molecule has 0 spiro atoms. The van der Waals surface area contributed by atoms with Crippen molar-refractivity contribution in [2.75, 3.05) is 0 Å². The average molecular weight is 236 g/mol. The fourth-order valence-electron chi connectivity index (χ4n) is 1.43. The normalized spacial score (nSPS) is 9.29. The van der Waals surface area contributed by atoms with Crippen molar-refractivity contribution in [1.29, 1.82) is 0 Å². The van der Waals surface area contributed by atoms with Gasteiger partial charge in [0.05, 0.1) is 5.56 Å². The van der Waals surface area contributed by atoms with Crippen LogP contribution >= 0.6 is 0 Å². The van der Waals surface area contributed by atoms with Gasteiger partial charge in [0.2, 0.25) is 0 Å². The summed E-state index contributed by atoms with van der Waals surface area (Å²) in [6.07, 6.45) is 8.49. The van der Waals surface area contributed by atoms with E-state index in [4.69, 9.17) is 5.11 Å². The molecule has 0 radical (unpaired) electrons. The minimum absolute atomic E-state index is 0.331. The molecule has 0 aliphatic carbocycles. The number of hydrogen-bond donors (Lipinski definition) is 1. The zero-order chi connectivity index (χ0) is 12.9. The summed E-state index contributed by atoms with van der Waals surface area (Å²) in [7, 11) is 0. The van der Waals surface area contributed by atoms with Crippen molar-refractivity contribution < 1.29 is 9.90 Å². The molecule has 1 aromatic carbocycles. The Bertz CT molecular complexity index is 274. The molecule has 0 bridgehead atoms. The van der Waals surface area contributed by atoms with E-state index in [-0.39, 0.29) is 0 Å². The number of benzene rings is 1. The lowest BCUT2D eigenvalue weighted by Crippen LogP contribution is -1.93. The first-order chi connectivity index (χ1) is 8.22. The van der Waals surface area contributed by atoms with Crippen LogP contribution in [0, 0.1) is 0 Å². The fraction of sp³-hybridized carbons (Fsp3) is 0.533. The van der Waals surface area contributed by atoms with Crippen LogP contribution in [0.4, 0.5) is 0 Å². The number of carboxylic acid groups (broad SMARTS) is 1. The topological polar surface area (TPSA) is 37.3 Å². The number of unbranched alkanes of at least 4 members (excludes halogenated alkanes) is 5. The summed E-state index contributed by atoms with van der Waals surface area (Å²) >= 11 is 0. The van der Waals surface area contributed by atoms with Crippen LogP contribution in [0.3, 0.4) is 0 Å². The Morgan fingerprint density at radius 2 is 1.41 bits per heavy atom. The third-order valence-corrected chi connectivity index (χ3v) is 2.48. The summed E-state index contributed by atoms with van der Waals surface area (Å²) in [4.78, 5) is 10.2. The maximum Gasteiger partial charge on any atom is 0.335 e. The van der Waals surface area contributed by atoms with Crippen molar-refractivity contribution in [2.45, 2.75) is 52.4 Å². The van der Waals surface area contributed by atoms with Crippen LogP contribution in [-0.2, 0) is 0 Å². The molecule has 0 saturated heterocycles. The van der Waals surface area contributed by atoms with Crippen molar-refractivity contribution in [1.82, 2.24) is 0 Å². The Labute approximate surface area is 105 Å². The van der Waals surface area contributed by atoms with Crippen LogP contribution in [0.5, 0.6) is 0 Å². The molecular formula is C15H24O2. The molecule has 0 amide bonds. The monoisotopic (exact) mass is 236 g/mol. The molecule has 0 fully saturated rings. The highest BCUT2D eigenvalue weighted by Gasteiger charge is 1.96. The second-order valence-electron chi connectivity index (χ2n) is 4.09. The van der Waals surface area contributed by atoms with Crippen LogP contribution in [0.2, 0.25) is 0 Å². The highest BCUT2D eigenvalue weighted by atomic mass is 16.4. The molecule has 96 valence electrons. The molecule has 2 heteroatoms. The highest BCUT2D eigenvalue weighted by Crippen LogP contribution is 2.03. The van der Waals surface area contributed by atoms with Gasteiger partial charge in [0.15, 0.2) is 0 Å². The van der Waals surface area contributed by atoms with Crippen LogP contribution in [0.25, 0.3) is 0 Å². The lowest BCUT2D eigenvalue weighted by Gasteiger charge is -1.93. The maximum atomic E-state index is 10.2. The third-order valence-electron chi connectivity index (χ3n) is 2.48. The van der Waals surface area contributed by atoms with Crippen molar-refractivity contribution in [3.8, 4) is 0 Å². The standard InChI is InChI=1S/C8H18.C7H6O2/c1-3-5-7-8-6-4-2;8-7(9)6-4-2-1-3-5-6/h3-8H2,1-2H3;1-5H,(H,8,9). The minimum Gasteiger partial charge on any atom is -0.478 e. The van der Waals surface area contributed by atoms with Gasteiger partial charge in [-0.3, -0.25) is 0 Å². The van der Waals surface area contributed by atoms with Gasteiger partial charge in [-0.1, -0.05) is 70.6 Å². The molecule has 1 N–H and O–H groups in total. The van der Waals surface area contributed by atoms with Crippen LogP contribution < -0.4 is 0 Å². The fourth-order valence-corrected chi connectivity index (χ4v) is 1.43. The van der Waals surface area contributed by atoms with Crippen molar-refractivity contribution in [3.63, 3.8) is 0 Å². The lowest BCUT2D eigenvalue weighted by molar-refractivity contribution is 0.0697. The van der Waals surface area contributed by atoms with E-state index in [2.05, 4.69) is 13.8 Å². The Morgan fingerprint density at radius 3 is 1.71 bits per heavy atom. The molecular weight excluding hydrogens is 212 g/mol. The second-order valence-corrected chi connectivity index (χ2v) is 4.09. The third kappa shape index (κ3) is 9.61. The molecule has 2 nitrogen and oxygen atoms in total. The number of carbonyl (C=O) groups is 1. The number of aromatic carboxylic acids is 1. The zero-order valence-corrected chi connectivity index (χ0v) is 11.0. The van der Waals surface area contributed by atoms with Crippen LogP contribution in [0.15, 0.2) is 30.3 Å². The molecule has 17 heavy (non-hydrogen) atoms. The first-order valence-electron chi connectivity index (χ1n) is 6.50. The molecule has 1 aromatic rings. The molecule has 0 saturated carbocycles. The molecule has 0 aromatic heterocycles. The van der Waals surface area contributed by atoms with E-state index in [0.717, 1.165) is 0 Å². The predicted molar refractivity (Wildman–Crippen MR) is 72.5 cm³/mol. The van der Waals surface area contributed by atoms with Gasteiger partial charge in [0.1, 0.15) is 0 Å². The Hall–Kier alpha value is -1.31. The largest absolute Gasteiger partial charge is 0.478 e. The molecule has 0 unspecified atom stereocenters. The smallest absolute Gasteiger partial charge is 0.335 e. The number of carboxylic acids is 1. The van der Waals surface area contributed by atoms with E-state index in [1.807, 2.05) is 0 Å². The van der Waals surface area contributed by atoms with Gasteiger partial charge in [-0.15, -0.1) is 0 Å². The maximum absolute atomic E-state index is 10.2. The molecule has 0 heterocycles. The minimum atomic E-state index is -0.879. The molecule has 0 aliphatic heterocycles. The van der Waals surface area contributed by atoms with Crippen molar-refractivity contribution in [3.05, 3.63) is 35.9 Å². The summed E-state index contributed by atoms with van der Waals surface area (Å²) in [6.45, 7) is 4.51. The molecule has 0 atom stereocenters. The SMILES string of the molecule is CCCCCCCC.O=C(O)c1ccccc1. The lowest BCUT2D eigenvalue weighted by atomic mass is 10.1. The summed E-state index contributed by atoms with van der Waals surface area (Å²) in [5.74, 6) is -0.879. The Kier molecular flexibility index (Phi) is 10.3. The van der Waals surface area contributed by atoms with Gasteiger partial charge in [-0.2, -0.15) is 0 Å². The van der Waals surface area contributed by atoms with E-state index in [1.54, 1.807) is 30.3 Å². The number of hydrogen-bond acceptors (Lipinski definition) is 1. The first kappa shape index (κ1) is 15.7. The molecule has 0 aliphatic rings. The van der Waals surface area contributed by atoms with Crippen molar-refractivity contribution >= 4 is 5.97 Å². The van der Waals surface area contributed by atoms with Crippen LogP contribution in [-0.4, -0.2) is 11.1 Å². The first-order valence-corrected chi connectivity index (χ1v) is 6.50. The van der Waals surface area contributed by atoms with E-state index >= 15 is 0 Å². The van der Waals surface area contributed by atoms with Crippen LogP contribution in [0.1, 0.15) is 62.7 Å². The Morgan fingerprint density at radius 1 is 0.941 bits per heavy atom. The Balaban J connectivity index is 0.000000304. The van der Waals surface area contributed by atoms with Gasteiger partial charge < -0.3 is 5.11 Å². The number of rotatable bonds is 6. The zero-order valence-electron chi connectivity index (χ0n) is 11.0. The summed E-state index contributed by atoms with van der Waals surface area (Å²) in [6, 6.07) is 8.30. The average Bonchev–Trinajstić information content (AvgIpc) is 2.37. The van der Waals surface area contributed by atoms with Gasteiger partial charge in [0.25, 0.3) is 0 Å². The predicted octanol–water partition coefficient (Wildman–Crippen LogP) is 4.75. The highest BCUT2D eigenvalue weighted by molar-refractivity contribution is 5.87. The van der Waals surface area contributed by atoms with Gasteiger partial charge in [-0.05, 0) is 12.1 Å². The second kappa shape index (κ2) is 11.2. The quantitative estimate of drug-likeness (QED) is 0.723. The van der Waals surface area contributed by atoms with E-state index in [0.29, 0.717) is 5.56 Å². The van der Waals surface area contributed by atoms with E-state index in [1.165, 1.54) is 38.5 Å². The van der Waals surface area contributed by atoms with E-state index in [9.17, 15) is 4.79 Å². The van der Waals surface area contributed by atoms with Crippen molar-refractivity contribution in [2.24, 2.45) is 0 Å². The summed E-state index contributed by atoms with van der Waals surface area (Å²) < 4.78 is 0. The van der Waals surface area contributed by atoms with E-state index < -0.39 is 5.97 Å².